The number of aromatic carboxylic acids is 1. The number of H-pyrrole nitrogens is 1. The molecule has 2 heterocycles. The molecule has 0 aliphatic rings. The number of carboxylic acids is 2. The van der Waals surface area contributed by atoms with Crippen molar-refractivity contribution >= 4 is 57.3 Å². The zero-order chi connectivity index (χ0) is 32.1. The Morgan fingerprint density at radius 2 is 1.56 bits per heavy atom. The lowest BCUT2D eigenvalue weighted by atomic mass is 10.00. The highest BCUT2D eigenvalue weighted by Gasteiger charge is 2.22. The third-order valence-corrected chi connectivity index (χ3v) is 7.48. The van der Waals surface area contributed by atoms with E-state index in [1.165, 1.54) is 12.1 Å². The van der Waals surface area contributed by atoms with Gasteiger partial charge in [0.15, 0.2) is 0 Å². The van der Waals surface area contributed by atoms with E-state index in [1.54, 1.807) is 48.5 Å². The first-order valence-electron chi connectivity index (χ1n) is 14.2. The molecule has 0 spiro atoms. The fourth-order valence-electron chi connectivity index (χ4n) is 5.15. The summed E-state index contributed by atoms with van der Waals surface area (Å²) in [7, 11) is 0. The number of rotatable bonds is 12. The molecule has 0 fully saturated rings. The van der Waals surface area contributed by atoms with E-state index in [2.05, 4.69) is 25.6 Å². The number of hydrogen-bond donors (Lipinski definition) is 7. The predicted octanol–water partition coefficient (Wildman–Crippen LogP) is 3.15. The van der Waals surface area contributed by atoms with Crippen LogP contribution in [0.2, 0.25) is 0 Å². The smallest absolute Gasteiger partial charge is 0.336 e. The second-order valence-electron chi connectivity index (χ2n) is 10.5. The van der Waals surface area contributed by atoms with E-state index >= 15 is 0 Å². The van der Waals surface area contributed by atoms with Gasteiger partial charge < -0.3 is 37.3 Å². The molecule has 5 rings (SSSR count). The molecule has 0 aliphatic carbocycles. The Morgan fingerprint density at radius 1 is 0.867 bits per heavy atom. The van der Waals surface area contributed by atoms with E-state index < -0.39 is 29.8 Å². The van der Waals surface area contributed by atoms with Crippen LogP contribution >= 0.6 is 0 Å². The summed E-state index contributed by atoms with van der Waals surface area (Å²) in [4.78, 5) is 60.4. The molecule has 2 amide bonds. The summed E-state index contributed by atoms with van der Waals surface area (Å²) in [6, 6.07) is 15.7. The number of fused-ring (bicyclic) bond motifs is 2. The molecule has 1 atom stereocenters. The number of nitrogens with two attached hydrogens (primary N) is 2. The van der Waals surface area contributed by atoms with E-state index in [0.29, 0.717) is 35.3 Å². The maximum atomic E-state index is 12.8. The summed E-state index contributed by atoms with van der Waals surface area (Å²) in [6.07, 6.45) is 3.37. The molecule has 0 saturated heterocycles. The van der Waals surface area contributed by atoms with Crippen molar-refractivity contribution in [2.24, 2.45) is 0 Å². The number of aromatic nitrogens is 3. The second kappa shape index (κ2) is 13.1. The maximum absolute atomic E-state index is 12.8. The first-order chi connectivity index (χ1) is 21.6. The molecule has 13 heteroatoms. The molecule has 0 radical (unpaired) electrons. The SMILES string of the molecule is Nc1nc(N)c2c(CCc3ccc(C(=O)N[C@@H](CCCNC(=O)c4cc5ccccc5cc4C(=O)O)C(=O)O)cc3)c[nH]c2n1. The van der Waals surface area contributed by atoms with Gasteiger partial charge in [0.25, 0.3) is 11.8 Å². The van der Waals surface area contributed by atoms with Gasteiger partial charge in [-0.25, -0.2) is 9.59 Å². The Hall–Kier alpha value is -5.98. The number of nitrogens with one attached hydrogen (secondary N) is 3. The number of nitrogens with zero attached hydrogens (tertiary/aromatic N) is 2. The van der Waals surface area contributed by atoms with Crippen molar-refractivity contribution in [3.8, 4) is 0 Å². The van der Waals surface area contributed by atoms with Crippen LogP contribution in [0.3, 0.4) is 0 Å². The Morgan fingerprint density at radius 3 is 2.22 bits per heavy atom. The highest BCUT2D eigenvalue weighted by Crippen LogP contribution is 2.24. The molecule has 5 aromatic rings. The molecule has 0 aliphatic heterocycles. The number of benzene rings is 3. The summed E-state index contributed by atoms with van der Waals surface area (Å²) in [6.45, 7) is 0.0840. The Kier molecular flexibility index (Phi) is 8.89. The Bertz CT molecular complexity index is 1920. The first-order valence-corrected chi connectivity index (χ1v) is 14.2. The maximum Gasteiger partial charge on any atom is 0.336 e. The van der Waals surface area contributed by atoms with E-state index in [-0.39, 0.29) is 36.5 Å². The van der Waals surface area contributed by atoms with Crippen LogP contribution in [0.4, 0.5) is 11.8 Å². The molecule has 3 aromatic carbocycles. The molecular formula is C32H31N7O6. The quantitative estimate of drug-likeness (QED) is 0.102. The number of carboxylic acid groups (broad SMARTS) is 2. The average Bonchev–Trinajstić information content (AvgIpc) is 3.43. The fraction of sp³-hybridized carbons (Fsp3) is 0.188. The zero-order valence-electron chi connectivity index (χ0n) is 24.0. The number of carbonyl (C=O) groups excluding carboxylic acids is 2. The minimum atomic E-state index is -1.23. The van der Waals surface area contributed by atoms with Gasteiger partial charge in [0.2, 0.25) is 5.95 Å². The van der Waals surface area contributed by atoms with Crippen LogP contribution in [0.1, 0.15) is 55.0 Å². The van der Waals surface area contributed by atoms with Gasteiger partial charge in [-0.05, 0) is 71.8 Å². The van der Waals surface area contributed by atoms with Crippen LogP contribution in [0.25, 0.3) is 21.8 Å². The predicted molar refractivity (Wildman–Crippen MR) is 168 cm³/mol. The van der Waals surface area contributed by atoms with Crippen LogP contribution in [-0.4, -0.2) is 61.5 Å². The zero-order valence-corrected chi connectivity index (χ0v) is 24.0. The highest BCUT2D eigenvalue weighted by molar-refractivity contribution is 6.08. The van der Waals surface area contributed by atoms with Gasteiger partial charge in [0, 0.05) is 18.3 Å². The number of amides is 2. The number of aliphatic carboxylic acids is 1. The summed E-state index contributed by atoms with van der Waals surface area (Å²) < 4.78 is 0. The molecular weight excluding hydrogens is 578 g/mol. The van der Waals surface area contributed by atoms with E-state index in [0.717, 1.165) is 21.9 Å². The van der Waals surface area contributed by atoms with Crippen molar-refractivity contribution in [1.29, 1.82) is 0 Å². The van der Waals surface area contributed by atoms with Crippen molar-refractivity contribution in [2.45, 2.75) is 31.7 Å². The first kappa shape index (κ1) is 30.5. The van der Waals surface area contributed by atoms with E-state index in [4.69, 9.17) is 11.5 Å². The third-order valence-electron chi connectivity index (χ3n) is 7.48. The topological polar surface area (TPSA) is 226 Å². The van der Waals surface area contributed by atoms with E-state index in [9.17, 15) is 29.4 Å². The summed E-state index contributed by atoms with van der Waals surface area (Å²) >= 11 is 0. The largest absolute Gasteiger partial charge is 0.480 e. The molecule has 0 unspecified atom stereocenters. The van der Waals surface area contributed by atoms with Gasteiger partial charge in [0.05, 0.1) is 16.5 Å². The minimum absolute atomic E-state index is 0.0116. The van der Waals surface area contributed by atoms with Crippen LogP contribution in [-0.2, 0) is 17.6 Å². The summed E-state index contributed by atoms with van der Waals surface area (Å²) in [5, 5.41) is 26.6. The standard InChI is InChI=1S/C32H31N7O6/c33-26-25-21(16-36-27(25)39-32(34)38-26)12-9-17-7-10-18(11-8-17)28(40)37-24(31(44)45)6-3-13-35-29(41)22-14-19-4-1-2-5-20(19)15-23(22)30(42)43/h1-2,4-5,7-8,10-11,14-16,24H,3,6,9,12-13H2,(H,35,41)(H,37,40)(H,42,43)(H,44,45)(H5,33,34,36,38,39)/t24-/m0/s1. The highest BCUT2D eigenvalue weighted by atomic mass is 16.4. The number of carbonyl (C=O) groups is 4. The lowest BCUT2D eigenvalue weighted by Crippen LogP contribution is -2.41. The van der Waals surface area contributed by atoms with Crippen molar-refractivity contribution < 1.29 is 29.4 Å². The number of anilines is 2. The lowest BCUT2D eigenvalue weighted by molar-refractivity contribution is -0.139. The number of aryl methyl sites for hydroxylation is 2. The fourth-order valence-corrected chi connectivity index (χ4v) is 5.15. The van der Waals surface area contributed by atoms with Crippen LogP contribution < -0.4 is 22.1 Å². The van der Waals surface area contributed by atoms with Gasteiger partial charge in [-0.15, -0.1) is 0 Å². The molecule has 230 valence electrons. The van der Waals surface area contributed by atoms with Crippen molar-refractivity contribution in [3.63, 3.8) is 0 Å². The van der Waals surface area contributed by atoms with Crippen molar-refractivity contribution in [2.75, 3.05) is 18.0 Å². The van der Waals surface area contributed by atoms with Gasteiger partial charge in [0.1, 0.15) is 17.5 Å². The van der Waals surface area contributed by atoms with Gasteiger partial charge in [-0.2, -0.15) is 9.97 Å². The number of hydrogen-bond acceptors (Lipinski definition) is 8. The molecule has 0 bridgehead atoms. The third kappa shape index (κ3) is 6.99. The summed E-state index contributed by atoms with van der Waals surface area (Å²) in [5.41, 5.74) is 14.3. The van der Waals surface area contributed by atoms with Gasteiger partial charge >= 0.3 is 11.9 Å². The molecule has 2 aromatic heterocycles. The second-order valence-corrected chi connectivity index (χ2v) is 10.5. The Balaban J connectivity index is 1.13. The van der Waals surface area contributed by atoms with Crippen molar-refractivity contribution in [3.05, 3.63) is 94.7 Å². The molecule has 45 heavy (non-hydrogen) atoms. The summed E-state index contributed by atoms with van der Waals surface area (Å²) in [5.74, 6) is -3.17. The van der Waals surface area contributed by atoms with Crippen LogP contribution in [0, 0.1) is 0 Å². The monoisotopic (exact) mass is 609 g/mol. The molecule has 13 nitrogen and oxygen atoms in total. The average molecular weight is 610 g/mol. The lowest BCUT2D eigenvalue weighted by Gasteiger charge is -2.15. The minimum Gasteiger partial charge on any atom is -0.480 e. The molecule has 9 N–H and O–H groups in total. The number of nitrogen functional groups attached to an aromatic ring is 2. The van der Waals surface area contributed by atoms with Gasteiger partial charge in [-0.1, -0.05) is 36.4 Å². The van der Waals surface area contributed by atoms with Crippen molar-refractivity contribution in [1.82, 2.24) is 25.6 Å². The van der Waals surface area contributed by atoms with Gasteiger partial charge in [-0.3, -0.25) is 9.59 Å². The van der Waals surface area contributed by atoms with Crippen LogP contribution in [0.5, 0.6) is 0 Å². The normalized spacial score (nSPS) is 11.7. The number of aromatic amines is 1. The Labute approximate surface area is 256 Å². The molecule has 0 saturated carbocycles. The van der Waals surface area contributed by atoms with E-state index in [1.807, 2.05) is 6.20 Å². The van der Waals surface area contributed by atoms with Crippen LogP contribution in [0.15, 0.2) is 66.9 Å².